The number of nitrogens with one attached hydrogen (secondary N) is 1. The molecule has 0 spiro atoms. The summed E-state index contributed by atoms with van der Waals surface area (Å²) in [5.41, 5.74) is 8.76. The molecule has 4 rings (SSSR count). The topological polar surface area (TPSA) is 93.8 Å². The second kappa shape index (κ2) is 8.16. The van der Waals surface area contributed by atoms with Crippen molar-refractivity contribution in [3.8, 4) is 34.9 Å². The van der Waals surface area contributed by atoms with Crippen LogP contribution in [-0.4, -0.2) is 27.4 Å². The first-order valence-corrected chi connectivity index (χ1v) is 9.17. The molecule has 152 valence electrons. The predicted octanol–water partition coefficient (Wildman–Crippen LogP) is 3.58. The second-order valence-corrected chi connectivity index (χ2v) is 6.58. The van der Waals surface area contributed by atoms with Gasteiger partial charge in [-0.25, -0.2) is 23.7 Å². The molecule has 2 aromatic carbocycles. The van der Waals surface area contributed by atoms with E-state index in [9.17, 15) is 13.6 Å². The number of carbonyl (C=O) groups excluding carboxylic acids is 1. The Kier molecular flexibility index (Phi) is 5.24. The third-order valence-electron chi connectivity index (χ3n) is 4.57. The summed E-state index contributed by atoms with van der Waals surface area (Å²) < 4.78 is 26.9. The number of rotatable bonds is 4. The summed E-state index contributed by atoms with van der Waals surface area (Å²) in [6.45, 7) is 0.0341. The molecule has 0 bridgehead atoms. The van der Waals surface area contributed by atoms with E-state index in [1.165, 1.54) is 30.5 Å². The number of hydrogen-bond donors (Lipinski definition) is 2. The SMILES string of the molecule is C#CCNC(=O)c1cnc2nc(-c3ccc(F)cc3)c(-c3ccc(F)cc3)nc2c1N. The standard InChI is InChI=1S/C23H15F2N5O/c1-2-11-27-23(31)17-12-28-22-21(18(17)26)29-19(13-3-7-15(24)8-4-13)20(30-22)14-5-9-16(25)10-6-14/h1,3-10,12H,11H2,(H,27,31)(H2,26,28,30). The number of terminal acetylenes is 1. The minimum atomic E-state index is -0.488. The number of fused-ring (bicyclic) bond motifs is 1. The molecule has 0 aliphatic carbocycles. The van der Waals surface area contributed by atoms with Gasteiger partial charge < -0.3 is 11.1 Å². The fraction of sp³-hybridized carbons (Fsp3) is 0.0435. The number of nitrogens with two attached hydrogens (primary N) is 1. The van der Waals surface area contributed by atoms with Gasteiger partial charge in [-0.15, -0.1) is 6.42 Å². The maximum Gasteiger partial charge on any atom is 0.255 e. The summed E-state index contributed by atoms with van der Waals surface area (Å²) in [6, 6.07) is 11.4. The smallest absolute Gasteiger partial charge is 0.255 e. The lowest BCUT2D eigenvalue weighted by Gasteiger charge is -2.13. The van der Waals surface area contributed by atoms with Crippen molar-refractivity contribution in [1.82, 2.24) is 20.3 Å². The number of hydrogen-bond acceptors (Lipinski definition) is 5. The first-order chi connectivity index (χ1) is 15.0. The van der Waals surface area contributed by atoms with Crippen LogP contribution in [0.2, 0.25) is 0 Å². The van der Waals surface area contributed by atoms with Gasteiger partial charge in [0.1, 0.15) is 17.2 Å². The van der Waals surface area contributed by atoms with Gasteiger partial charge in [-0.2, -0.15) is 0 Å². The Balaban J connectivity index is 1.95. The molecule has 0 radical (unpaired) electrons. The van der Waals surface area contributed by atoms with E-state index in [4.69, 9.17) is 12.2 Å². The molecule has 8 heteroatoms. The predicted molar refractivity (Wildman–Crippen MR) is 114 cm³/mol. The van der Waals surface area contributed by atoms with Crippen LogP contribution < -0.4 is 11.1 Å². The van der Waals surface area contributed by atoms with E-state index in [-0.39, 0.29) is 29.0 Å². The minimum Gasteiger partial charge on any atom is -0.396 e. The molecule has 2 heterocycles. The minimum absolute atomic E-state index is 0.0341. The molecule has 0 unspecified atom stereocenters. The molecule has 0 saturated carbocycles. The number of amides is 1. The van der Waals surface area contributed by atoms with Crippen LogP contribution in [-0.2, 0) is 0 Å². The fourth-order valence-electron chi connectivity index (χ4n) is 3.05. The highest BCUT2D eigenvalue weighted by atomic mass is 19.1. The van der Waals surface area contributed by atoms with Gasteiger partial charge in [0.05, 0.1) is 29.2 Å². The summed E-state index contributed by atoms with van der Waals surface area (Å²) in [6.07, 6.45) is 6.47. The molecular weight excluding hydrogens is 400 g/mol. The number of halogens is 2. The molecule has 0 aliphatic heterocycles. The normalized spacial score (nSPS) is 10.6. The van der Waals surface area contributed by atoms with Crippen LogP contribution >= 0.6 is 0 Å². The van der Waals surface area contributed by atoms with Gasteiger partial charge in [0.2, 0.25) is 0 Å². The zero-order chi connectivity index (χ0) is 22.0. The second-order valence-electron chi connectivity index (χ2n) is 6.58. The zero-order valence-electron chi connectivity index (χ0n) is 16.1. The number of aromatic nitrogens is 3. The average molecular weight is 415 g/mol. The summed E-state index contributed by atoms with van der Waals surface area (Å²) in [7, 11) is 0. The van der Waals surface area contributed by atoms with Crippen molar-refractivity contribution in [2.24, 2.45) is 0 Å². The van der Waals surface area contributed by atoms with Gasteiger partial charge in [0, 0.05) is 17.3 Å². The van der Waals surface area contributed by atoms with Crippen LogP contribution in [0.25, 0.3) is 33.7 Å². The van der Waals surface area contributed by atoms with Crippen molar-refractivity contribution in [3.05, 3.63) is 71.9 Å². The van der Waals surface area contributed by atoms with E-state index in [1.807, 2.05) is 0 Å². The Bertz CT molecular complexity index is 1330. The Morgan fingerprint density at radius 1 is 0.968 bits per heavy atom. The summed E-state index contributed by atoms with van der Waals surface area (Å²) in [5.74, 6) is 1.02. The van der Waals surface area contributed by atoms with Crippen molar-refractivity contribution >= 4 is 22.8 Å². The Labute approximate surface area is 176 Å². The lowest BCUT2D eigenvalue weighted by molar-refractivity contribution is 0.0959. The molecule has 0 atom stereocenters. The number of nitrogens with zero attached hydrogens (tertiary/aromatic N) is 3. The maximum absolute atomic E-state index is 13.5. The van der Waals surface area contributed by atoms with Crippen LogP contribution in [0.3, 0.4) is 0 Å². The molecular formula is C23H15F2N5O. The average Bonchev–Trinajstić information content (AvgIpc) is 2.78. The number of pyridine rings is 1. The molecule has 0 aliphatic rings. The van der Waals surface area contributed by atoms with Gasteiger partial charge in [0.25, 0.3) is 5.91 Å². The molecule has 4 aromatic rings. The molecule has 3 N–H and O–H groups in total. The summed E-state index contributed by atoms with van der Waals surface area (Å²) >= 11 is 0. The highest BCUT2D eigenvalue weighted by molar-refractivity contribution is 6.05. The summed E-state index contributed by atoms with van der Waals surface area (Å²) in [5, 5.41) is 2.53. The Hall–Kier alpha value is -4.38. The molecule has 1 amide bonds. The van der Waals surface area contributed by atoms with Crippen molar-refractivity contribution in [3.63, 3.8) is 0 Å². The Morgan fingerprint density at radius 2 is 1.52 bits per heavy atom. The molecule has 2 aromatic heterocycles. The van der Waals surface area contributed by atoms with Gasteiger partial charge in [-0.3, -0.25) is 4.79 Å². The Morgan fingerprint density at radius 3 is 2.06 bits per heavy atom. The van der Waals surface area contributed by atoms with Gasteiger partial charge in [0.15, 0.2) is 5.65 Å². The third-order valence-corrected chi connectivity index (χ3v) is 4.57. The molecule has 31 heavy (non-hydrogen) atoms. The van der Waals surface area contributed by atoms with Gasteiger partial charge in [-0.05, 0) is 48.5 Å². The third kappa shape index (κ3) is 3.89. The van der Waals surface area contributed by atoms with E-state index >= 15 is 0 Å². The monoisotopic (exact) mass is 415 g/mol. The van der Waals surface area contributed by atoms with Crippen molar-refractivity contribution in [1.29, 1.82) is 0 Å². The number of nitrogen functional groups attached to an aromatic ring is 1. The molecule has 6 nitrogen and oxygen atoms in total. The molecule has 0 fully saturated rings. The van der Waals surface area contributed by atoms with Crippen LogP contribution in [0, 0.1) is 24.0 Å². The van der Waals surface area contributed by atoms with Crippen LogP contribution in [0.5, 0.6) is 0 Å². The van der Waals surface area contributed by atoms with E-state index < -0.39 is 17.5 Å². The van der Waals surface area contributed by atoms with Crippen LogP contribution in [0.1, 0.15) is 10.4 Å². The highest BCUT2D eigenvalue weighted by Gasteiger charge is 2.19. The lowest BCUT2D eigenvalue weighted by Crippen LogP contribution is -2.25. The zero-order valence-corrected chi connectivity index (χ0v) is 16.1. The number of benzene rings is 2. The van der Waals surface area contributed by atoms with Crippen LogP contribution in [0.15, 0.2) is 54.7 Å². The quantitative estimate of drug-likeness (QED) is 0.497. The van der Waals surface area contributed by atoms with E-state index in [2.05, 4.69) is 26.2 Å². The van der Waals surface area contributed by atoms with Gasteiger partial charge >= 0.3 is 0 Å². The summed E-state index contributed by atoms with van der Waals surface area (Å²) in [4.78, 5) is 25.7. The van der Waals surface area contributed by atoms with Crippen LogP contribution in [0.4, 0.5) is 14.5 Å². The van der Waals surface area contributed by atoms with Crippen molar-refractivity contribution in [2.75, 3.05) is 12.3 Å². The van der Waals surface area contributed by atoms with Crippen molar-refractivity contribution in [2.45, 2.75) is 0 Å². The van der Waals surface area contributed by atoms with Crippen molar-refractivity contribution < 1.29 is 13.6 Å². The first-order valence-electron chi connectivity index (χ1n) is 9.17. The van der Waals surface area contributed by atoms with E-state index in [0.29, 0.717) is 22.5 Å². The number of carbonyl (C=O) groups is 1. The number of anilines is 1. The largest absolute Gasteiger partial charge is 0.396 e. The fourth-order valence-corrected chi connectivity index (χ4v) is 3.05. The maximum atomic E-state index is 13.5. The van der Waals surface area contributed by atoms with E-state index in [0.717, 1.165) is 0 Å². The highest BCUT2D eigenvalue weighted by Crippen LogP contribution is 2.32. The van der Waals surface area contributed by atoms with E-state index in [1.54, 1.807) is 24.3 Å². The lowest BCUT2D eigenvalue weighted by atomic mass is 10.0. The molecule has 0 saturated heterocycles. The van der Waals surface area contributed by atoms with Gasteiger partial charge in [-0.1, -0.05) is 5.92 Å². The first kappa shape index (κ1) is 19.9.